The van der Waals surface area contributed by atoms with Crippen LogP contribution >= 0.6 is 11.8 Å². The molecule has 102 valence electrons. The second-order valence-electron chi connectivity index (χ2n) is 4.25. The lowest BCUT2D eigenvalue weighted by Gasteiger charge is -2.23. The number of thioether (sulfide) groups is 1. The molecule has 0 bridgehead atoms. The Morgan fingerprint density at radius 1 is 1.58 bits per heavy atom. The fourth-order valence-electron chi connectivity index (χ4n) is 1.82. The molecule has 0 saturated carbocycles. The van der Waals surface area contributed by atoms with Crippen LogP contribution in [0.5, 0.6) is 0 Å². The van der Waals surface area contributed by atoms with Crippen molar-refractivity contribution in [3.63, 3.8) is 0 Å². The molecular formula is C12H15N3O3S. The Morgan fingerprint density at radius 2 is 2.37 bits per heavy atom. The number of aliphatic carboxylic acids is 1. The van der Waals surface area contributed by atoms with E-state index in [1.807, 2.05) is 19.1 Å². The number of carbonyl (C=O) groups is 2. The Hall–Kier alpha value is -1.76. The summed E-state index contributed by atoms with van der Waals surface area (Å²) in [5, 5.41) is 11.8. The molecule has 1 unspecified atom stereocenters. The molecule has 1 saturated heterocycles. The summed E-state index contributed by atoms with van der Waals surface area (Å²) in [6, 6.07) is 4.09. The maximum absolute atomic E-state index is 12.1. The van der Waals surface area contributed by atoms with Crippen LogP contribution < -0.4 is 5.32 Å². The van der Waals surface area contributed by atoms with E-state index >= 15 is 0 Å². The molecule has 0 spiro atoms. The van der Waals surface area contributed by atoms with Crippen molar-refractivity contribution in [2.45, 2.75) is 19.0 Å². The number of carbonyl (C=O) groups excluding carboxylic acids is 1. The zero-order valence-electron chi connectivity index (χ0n) is 10.4. The van der Waals surface area contributed by atoms with E-state index in [1.54, 1.807) is 12.3 Å². The predicted octanol–water partition coefficient (Wildman–Crippen LogP) is 1.31. The van der Waals surface area contributed by atoms with Crippen LogP contribution in [0.2, 0.25) is 0 Å². The number of carboxylic acid groups (broad SMARTS) is 1. The summed E-state index contributed by atoms with van der Waals surface area (Å²) < 4.78 is 0. The highest BCUT2D eigenvalue weighted by Gasteiger charge is 2.35. The van der Waals surface area contributed by atoms with Crippen LogP contribution in [-0.2, 0) is 4.79 Å². The zero-order chi connectivity index (χ0) is 13.8. The second kappa shape index (κ2) is 5.92. The van der Waals surface area contributed by atoms with Gasteiger partial charge in [-0.05, 0) is 19.1 Å². The molecule has 0 aromatic carbocycles. The molecule has 2 amide bonds. The third-order valence-corrected chi connectivity index (χ3v) is 3.91. The SMILES string of the molecule is CC(NC(=O)N1CSC[C@H]1C(=O)O)c1ccccn1. The van der Waals surface area contributed by atoms with Gasteiger partial charge in [0.2, 0.25) is 0 Å². The molecule has 7 heteroatoms. The van der Waals surface area contributed by atoms with Crippen molar-refractivity contribution in [1.29, 1.82) is 0 Å². The minimum atomic E-state index is -0.967. The van der Waals surface area contributed by atoms with Gasteiger partial charge in [-0.3, -0.25) is 4.98 Å². The van der Waals surface area contributed by atoms with Crippen molar-refractivity contribution in [3.05, 3.63) is 30.1 Å². The number of nitrogens with one attached hydrogen (secondary N) is 1. The highest BCUT2D eigenvalue weighted by Crippen LogP contribution is 2.21. The number of nitrogens with zero attached hydrogens (tertiary/aromatic N) is 2. The normalized spacial score (nSPS) is 20.1. The molecule has 0 radical (unpaired) electrons. The van der Waals surface area contributed by atoms with E-state index in [2.05, 4.69) is 10.3 Å². The van der Waals surface area contributed by atoms with Crippen molar-refractivity contribution in [2.75, 3.05) is 11.6 Å². The Bertz CT molecular complexity index is 469. The van der Waals surface area contributed by atoms with E-state index in [9.17, 15) is 9.59 Å². The molecule has 1 aliphatic heterocycles. The van der Waals surface area contributed by atoms with Gasteiger partial charge in [0, 0.05) is 11.9 Å². The number of aromatic nitrogens is 1. The summed E-state index contributed by atoms with van der Waals surface area (Å²) in [6.45, 7) is 1.82. The van der Waals surface area contributed by atoms with Crippen LogP contribution in [0, 0.1) is 0 Å². The molecule has 2 N–H and O–H groups in total. The lowest BCUT2D eigenvalue weighted by molar-refractivity contribution is -0.140. The first-order chi connectivity index (χ1) is 9.09. The van der Waals surface area contributed by atoms with Crippen LogP contribution in [-0.4, -0.2) is 44.7 Å². The Morgan fingerprint density at radius 3 is 3.00 bits per heavy atom. The minimum absolute atomic E-state index is 0.256. The first kappa shape index (κ1) is 13.7. The summed E-state index contributed by atoms with van der Waals surface area (Å²) in [4.78, 5) is 28.6. The average Bonchev–Trinajstić information content (AvgIpc) is 2.89. The highest BCUT2D eigenvalue weighted by atomic mass is 32.2. The quantitative estimate of drug-likeness (QED) is 0.873. The molecule has 19 heavy (non-hydrogen) atoms. The Balaban J connectivity index is 1.99. The minimum Gasteiger partial charge on any atom is -0.480 e. The molecule has 1 fully saturated rings. The molecule has 2 atom stereocenters. The van der Waals surface area contributed by atoms with Gasteiger partial charge in [0.1, 0.15) is 6.04 Å². The van der Waals surface area contributed by atoms with Crippen molar-refractivity contribution in [1.82, 2.24) is 15.2 Å². The van der Waals surface area contributed by atoms with Crippen molar-refractivity contribution < 1.29 is 14.7 Å². The van der Waals surface area contributed by atoms with Crippen molar-refractivity contribution in [2.24, 2.45) is 0 Å². The molecule has 2 heterocycles. The fourth-order valence-corrected chi connectivity index (χ4v) is 2.97. The van der Waals surface area contributed by atoms with Crippen LogP contribution in [0.25, 0.3) is 0 Å². The smallest absolute Gasteiger partial charge is 0.327 e. The van der Waals surface area contributed by atoms with Crippen molar-refractivity contribution >= 4 is 23.8 Å². The number of carboxylic acids is 1. The van der Waals surface area contributed by atoms with Gasteiger partial charge < -0.3 is 15.3 Å². The van der Waals surface area contributed by atoms with E-state index < -0.39 is 12.0 Å². The molecular weight excluding hydrogens is 266 g/mol. The number of hydrogen-bond donors (Lipinski definition) is 2. The van der Waals surface area contributed by atoms with Gasteiger partial charge in [0.15, 0.2) is 0 Å². The third kappa shape index (κ3) is 3.17. The zero-order valence-corrected chi connectivity index (χ0v) is 11.3. The predicted molar refractivity (Wildman–Crippen MR) is 71.8 cm³/mol. The summed E-state index contributed by atoms with van der Waals surface area (Å²) in [5.74, 6) is -0.135. The van der Waals surface area contributed by atoms with E-state index in [4.69, 9.17) is 5.11 Å². The van der Waals surface area contributed by atoms with Gasteiger partial charge in [0.05, 0.1) is 17.6 Å². The topological polar surface area (TPSA) is 82.5 Å². The lowest BCUT2D eigenvalue weighted by atomic mass is 10.2. The van der Waals surface area contributed by atoms with Gasteiger partial charge >= 0.3 is 12.0 Å². The van der Waals surface area contributed by atoms with Crippen LogP contribution in [0.3, 0.4) is 0 Å². The van der Waals surface area contributed by atoms with Crippen LogP contribution in [0.1, 0.15) is 18.7 Å². The van der Waals surface area contributed by atoms with Gasteiger partial charge in [-0.1, -0.05) is 6.07 Å². The van der Waals surface area contributed by atoms with Gasteiger partial charge in [-0.2, -0.15) is 0 Å². The Labute approximate surface area is 115 Å². The molecule has 1 aromatic rings. The Kier molecular flexibility index (Phi) is 4.26. The summed E-state index contributed by atoms with van der Waals surface area (Å²) in [6.07, 6.45) is 1.66. The molecule has 2 rings (SSSR count). The van der Waals surface area contributed by atoms with E-state index in [0.717, 1.165) is 5.69 Å². The number of rotatable bonds is 3. The molecule has 1 aromatic heterocycles. The van der Waals surface area contributed by atoms with Crippen LogP contribution in [0.4, 0.5) is 4.79 Å². The van der Waals surface area contributed by atoms with Crippen molar-refractivity contribution in [3.8, 4) is 0 Å². The fraction of sp³-hybridized carbons (Fsp3) is 0.417. The van der Waals surface area contributed by atoms with Gasteiger partial charge in [-0.25, -0.2) is 9.59 Å². The van der Waals surface area contributed by atoms with Crippen LogP contribution in [0.15, 0.2) is 24.4 Å². The number of urea groups is 1. The molecule has 6 nitrogen and oxygen atoms in total. The molecule has 1 aliphatic rings. The van der Waals surface area contributed by atoms with E-state index in [-0.39, 0.29) is 12.1 Å². The third-order valence-electron chi connectivity index (χ3n) is 2.90. The van der Waals surface area contributed by atoms with E-state index in [1.165, 1.54) is 16.7 Å². The van der Waals surface area contributed by atoms with E-state index in [0.29, 0.717) is 11.6 Å². The highest BCUT2D eigenvalue weighted by molar-refractivity contribution is 7.99. The monoisotopic (exact) mass is 281 g/mol. The summed E-state index contributed by atoms with van der Waals surface area (Å²) in [7, 11) is 0. The molecule has 0 aliphatic carbocycles. The largest absolute Gasteiger partial charge is 0.480 e. The summed E-state index contributed by atoms with van der Waals surface area (Å²) >= 11 is 1.44. The maximum atomic E-state index is 12.1. The first-order valence-corrected chi connectivity index (χ1v) is 7.03. The first-order valence-electron chi connectivity index (χ1n) is 5.88. The number of hydrogen-bond acceptors (Lipinski definition) is 4. The standard InChI is InChI=1S/C12H15N3O3S/c1-8(9-4-2-3-5-13-9)14-12(18)15-7-19-6-10(15)11(16)17/h2-5,8,10H,6-7H2,1H3,(H,14,18)(H,16,17)/t8?,10-/m0/s1. The lowest BCUT2D eigenvalue weighted by Crippen LogP contribution is -2.47. The maximum Gasteiger partial charge on any atom is 0.327 e. The number of pyridine rings is 1. The summed E-state index contributed by atoms with van der Waals surface area (Å²) in [5.41, 5.74) is 0.745. The number of amides is 2. The van der Waals surface area contributed by atoms with Gasteiger partial charge in [0.25, 0.3) is 0 Å². The second-order valence-corrected chi connectivity index (χ2v) is 5.25. The van der Waals surface area contributed by atoms with Gasteiger partial charge in [-0.15, -0.1) is 11.8 Å². The average molecular weight is 281 g/mol.